The summed E-state index contributed by atoms with van der Waals surface area (Å²) in [5, 5.41) is 12.8. The van der Waals surface area contributed by atoms with E-state index in [0.717, 1.165) is 24.2 Å². The van der Waals surface area contributed by atoms with E-state index < -0.39 is 17.8 Å². The number of hydrogen-bond acceptors (Lipinski definition) is 5. The predicted octanol–water partition coefficient (Wildman–Crippen LogP) is 2.40. The Morgan fingerprint density at radius 1 is 1.43 bits per heavy atom. The number of hydrogen-bond donors (Lipinski definition) is 2. The number of β-amino-alcohol motifs (C(OH)–C–C–N with tert-alkyl or cyclic N) is 1. The molecule has 0 spiro atoms. The van der Waals surface area contributed by atoms with Gasteiger partial charge < -0.3 is 19.5 Å². The van der Waals surface area contributed by atoms with Crippen molar-refractivity contribution >= 4 is 17.5 Å². The Balaban J connectivity index is 2.14. The molecule has 1 amide bonds. The fraction of sp³-hybridized carbons (Fsp3) is 0.588. The summed E-state index contributed by atoms with van der Waals surface area (Å²) in [6.45, 7) is 7.05. The summed E-state index contributed by atoms with van der Waals surface area (Å²) >= 11 is 0. The van der Waals surface area contributed by atoms with Crippen LogP contribution in [0.25, 0.3) is 0 Å². The highest BCUT2D eigenvalue weighted by molar-refractivity contribution is 5.91. The third-order valence-corrected chi connectivity index (χ3v) is 3.51. The lowest BCUT2D eigenvalue weighted by Crippen LogP contribution is -2.34. The number of ether oxygens (including phenoxy) is 2. The van der Waals surface area contributed by atoms with E-state index in [-0.39, 0.29) is 6.61 Å². The Bertz CT molecular complexity index is 554. The second-order valence-corrected chi connectivity index (χ2v) is 6.75. The van der Waals surface area contributed by atoms with Crippen LogP contribution in [-0.2, 0) is 15.9 Å². The topological polar surface area (TPSA) is 71.0 Å². The highest BCUT2D eigenvalue weighted by Crippen LogP contribution is 2.35. The lowest BCUT2D eigenvalue weighted by Gasteiger charge is -2.25. The fourth-order valence-corrected chi connectivity index (χ4v) is 2.73. The zero-order valence-corrected chi connectivity index (χ0v) is 14.3. The van der Waals surface area contributed by atoms with Crippen molar-refractivity contribution in [1.82, 2.24) is 0 Å². The van der Waals surface area contributed by atoms with E-state index in [0.29, 0.717) is 12.2 Å². The molecule has 2 rings (SSSR count). The number of para-hydroxylation sites is 1. The van der Waals surface area contributed by atoms with Crippen LogP contribution >= 0.6 is 0 Å². The van der Waals surface area contributed by atoms with E-state index in [1.165, 1.54) is 0 Å². The van der Waals surface area contributed by atoms with Crippen LogP contribution in [0.2, 0.25) is 0 Å². The normalized spacial score (nSPS) is 15.3. The third kappa shape index (κ3) is 4.84. The first-order valence-corrected chi connectivity index (χ1v) is 7.84. The number of nitrogens with zero attached hydrogens (tertiary/aromatic N) is 1. The lowest BCUT2D eigenvalue weighted by atomic mass is 10.1. The van der Waals surface area contributed by atoms with Gasteiger partial charge in [0.15, 0.2) is 0 Å². The zero-order valence-electron chi connectivity index (χ0n) is 14.3. The Labute approximate surface area is 137 Å². The molecule has 0 fully saturated rings. The van der Waals surface area contributed by atoms with Gasteiger partial charge in [0, 0.05) is 20.2 Å². The molecule has 2 N–H and O–H groups in total. The highest BCUT2D eigenvalue weighted by Gasteiger charge is 2.26. The number of rotatable bonds is 5. The van der Waals surface area contributed by atoms with Gasteiger partial charge in [-0.25, -0.2) is 4.79 Å². The molecule has 0 aliphatic carbocycles. The fourth-order valence-electron chi connectivity index (χ4n) is 2.73. The van der Waals surface area contributed by atoms with Gasteiger partial charge in [-0.2, -0.15) is 0 Å². The van der Waals surface area contributed by atoms with Gasteiger partial charge in [-0.1, -0.05) is 12.1 Å². The van der Waals surface area contributed by atoms with Crippen molar-refractivity contribution in [1.29, 1.82) is 0 Å². The van der Waals surface area contributed by atoms with Crippen LogP contribution in [-0.4, -0.2) is 49.7 Å². The van der Waals surface area contributed by atoms with E-state index >= 15 is 0 Å². The van der Waals surface area contributed by atoms with E-state index in [9.17, 15) is 9.90 Å². The molecule has 0 saturated carbocycles. The van der Waals surface area contributed by atoms with Gasteiger partial charge in [0.1, 0.15) is 5.60 Å². The second-order valence-electron chi connectivity index (χ2n) is 6.75. The van der Waals surface area contributed by atoms with Crippen molar-refractivity contribution in [3.05, 3.63) is 23.8 Å². The first kappa shape index (κ1) is 17.6. The number of anilines is 2. The van der Waals surface area contributed by atoms with Crippen LogP contribution in [0.1, 0.15) is 26.3 Å². The van der Waals surface area contributed by atoms with Crippen LogP contribution in [0.5, 0.6) is 0 Å². The first-order valence-electron chi connectivity index (χ1n) is 7.84. The van der Waals surface area contributed by atoms with Gasteiger partial charge in [-0.3, -0.25) is 5.32 Å². The summed E-state index contributed by atoms with van der Waals surface area (Å²) in [5.74, 6) is 0. The Hall–Kier alpha value is -1.79. The van der Waals surface area contributed by atoms with Crippen LogP contribution in [0.4, 0.5) is 16.2 Å². The van der Waals surface area contributed by atoms with Crippen LogP contribution in [0, 0.1) is 0 Å². The molecule has 1 aromatic rings. The average molecular weight is 322 g/mol. The third-order valence-electron chi connectivity index (χ3n) is 3.51. The van der Waals surface area contributed by atoms with Gasteiger partial charge >= 0.3 is 6.09 Å². The van der Waals surface area contributed by atoms with Crippen molar-refractivity contribution in [3.63, 3.8) is 0 Å². The number of fused-ring (bicyclic) bond motifs is 1. The molecule has 1 heterocycles. The molecule has 1 unspecified atom stereocenters. The summed E-state index contributed by atoms with van der Waals surface area (Å²) in [6.07, 6.45) is -0.158. The molecule has 0 bridgehead atoms. The van der Waals surface area contributed by atoms with Gasteiger partial charge in [-0.05, 0) is 38.8 Å². The van der Waals surface area contributed by atoms with E-state index in [2.05, 4.69) is 10.2 Å². The predicted molar refractivity (Wildman–Crippen MR) is 90.1 cm³/mol. The molecule has 0 radical (unpaired) electrons. The second kappa shape index (κ2) is 7.19. The molecule has 128 valence electrons. The molecule has 0 saturated heterocycles. The Morgan fingerprint density at radius 2 is 2.17 bits per heavy atom. The monoisotopic (exact) mass is 322 g/mol. The smallest absolute Gasteiger partial charge is 0.412 e. The minimum atomic E-state index is -0.569. The Morgan fingerprint density at radius 3 is 2.83 bits per heavy atom. The number of amides is 1. The van der Waals surface area contributed by atoms with Gasteiger partial charge in [0.05, 0.1) is 24.1 Å². The van der Waals surface area contributed by atoms with E-state index in [1.54, 1.807) is 7.11 Å². The quantitative estimate of drug-likeness (QED) is 0.871. The molecule has 23 heavy (non-hydrogen) atoms. The maximum atomic E-state index is 12.0. The summed E-state index contributed by atoms with van der Waals surface area (Å²) in [6, 6.07) is 5.81. The maximum Gasteiger partial charge on any atom is 0.412 e. The number of methoxy groups -OCH3 is 1. The molecular weight excluding hydrogens is 296 g/mol. The van der Waals surface area contributed by atoms with E-state index in [1.807, 2.05) is 39.0 Å². The van der Waals surface area contributed by atoms with Crippen LogP contribution < -0.4 is 10.2 Å². The molecule has 0 aromatic heterocycles. The maximum absolute atomic E-state index is 12.0. The van der Waals surface area contributed by atoms with Gasteiger partial charge in [0.2, 0.25) is 0 Å². The van der Waals surface area contributed by atoms with Crippen LogP contribution in [0.15, 0.2) is 18.2 Å². The summed E-state index contributed by atoms with van der Waals surface area (Å²) in [5.41, 5.74) is 2.27. The standard InChI is InChI=1S/C17H26N2O4/c1-17(2,3)23-16(21)18-14-7-5-6-12-8-9-19(15(12)14)10-13(20)11-22-4/h5-7,13,20H,8-11H2,1-4H3,(H,18,21). The van der Waals surface area contributed by atoms with Crippen molar-refractivity contribution in [3.8, 4) is 0 Å². The zero-order chi connectivity index (χ0) is 17.0. The summed E-state index contributed by atoms with van der Waals surface area (Å²) < 4.78 is 10.3. The minimum Gasteiger partial charge on any atom is -0.444 e. The molecule has 1 atom stereocenters. The summed E-state index contributed by atoms with van der Waals surface area (Å²) in [7, 11) is 1.57. The van der Waals surface area contributed by atoms with Crippen molar-refractivity contribution in [2.75, 3.05) is 37.0 Å². The lowest BCUT2D eigenvalue weighted by molar-refractivity contribution is 0.0636. The number of aliphatic hydroxyl groups excluding tert-OH is 1. The average Bonchev–Trinajstić information content (AvgIpc) is 2.81. The highest BCUT2D eigenvalue weighted by atomic mass is 16.6. The molecule has 6 heteroatoms. The van der Waals surface area contributed by atoms with Crippen LogP contribution in [0.3, 0.4) is 0 Å². The Kier molecular flexibility index (Phi) is 5.49. The SMILES string of the molecule is COCC(O)CN1CCc2cccc(NC(=O)OC(C)(C)C)c21. The molecular formula is C17H26N2O4. The molecule has 6 nitrogen and oxygen atoms in total. The van der Waals surface area contributed by atoms with Crippen molar-refractivity contribution in [2.24, 2.45) is 0 Å². The first-order chi connectivity index (χ1) is 10.8. The van der Waals surface area contributed by atoms with Gasteiger partial charge in [0.25, 0.3) is 0 Å². The molecule has 1 aliphatic heterocycles. The van der Waals surface area contributed by atoms with E-state index in [4.69, 9.17) is 9.47 Å². The number of carbonyl (C=O) groups is 1. The molecule has 1 aromatic carbocycles. The number of aliphatic hydroxyl groups is 1. The van der Waals surface area contributed by atoms with Gasteiger partial charge in [-0.15, -0.1) is 0 Å². The number of carbonyl (C=O) groups excluding carboxylic acids is 1. The minimum absolute atomic E-state index is 0.285. The molecule has 1 aliphatic rings. The van der Waals surface area contributed by atoms with Crippen molar-refractivity contribution in [2.45, 2.75) is 38.9 Å². The van der Waals surface area contributed by atoms with Crippen molar-refractivity contribution < 1.29 is 19.4 Å². The largest absolute Gasteiger partial charge is 0.444 e. The number of nitrogens with one attached hydrogen (secondary N) is 1. The summed E-state index contributed by atoms with van der Waals surface area (Å²) in [4.78, 5) is 14.1. The number of benzene rings is 1.